The van der Waals surface area contributed by atoms with E-state index >= 15 is 0 Å². The largest absolute Gasteiger partial charge is 0.491 e. The molecule has 0 bridgehead atoms. The predicted molar refractivity (Wildman–Crippen MR) is 135 cm³/mol. The van der Waals surface area contributed by atoms with Crippen LogP contribution in [0.15, 0.2) is 22.7 Å². The zero-order valence-corrected chi connectivity index (χ0v) is 21.5. The number of ether oxygens (including phenoxy) is 2. The van der Waals surface area contributed by atoms with E-state index in [-0.39, 0.29) is 6.61 Å². The molecule has 0 unspecified atom stereocenters. The molecule has 9 heteroatoms. The van der Waals surface area contributed by atoms with E-state index in [2.05, 4.69) is 17.4 Å². The summed E-state index contributed by atoms with van der Waals surface area (Å²) in [6.07, 6.45) is 2.28. The third-order valence-corrected chi connectivity index (χ3v) is 6.72. The Morgan fingerprint density at radius 3 is 2.77 bits per heavy atom. The van der Waals surface area contributed by atoms with Gasteiger partial charge in [0.25, 0.3) is 0 Å². The van der Waals surface area contributed by atoms with Crippen molar-refractivity contribution in [2.24, 2.45) is 5.92 Å². The lowest BCUT2D eigenvalue weighted by molar-refractivity contribution is 0.108. The van der Waals surface area contributed by atoms with E-state index < -0.39 is 6.10 Å². The highest BCUT2D eigenvalue weighted by atomic mass is 35.5. The quantitative estimate of drug-likeness (QED) is 0.424. The van der Waals surface area contributed by atoms with Crippen LogP contribution in [0.3, 0.4) is 0 Å². The molecule has 1 aromatic carbocycles. The zero-order chi connectivity index (χ0) is 24.9. The molecule has 0 radical (unpaired) electrons. The van der Waals surface area contributed by atoms with Gasteiger partial charge >= 0.3 is 0 Å². The number of rotatable bonds is 10. The molecule has 0 spiro atoms. The van der Waals surface area contributed by atoms with Crippen molar-refractivity contribution in [3.8, 4) is 28.4 Å². The molecular weight excluding hydrogens is 468 g/mol. The molecular formula is C26H33ClN4O4. The number of aryl methyl sites for hydroxylation is 3. The van der Waals surface area contributed by atoms with Crippen LogP contribution in [-0.4, -0.2) is 59.7 Å². The van der Waals surface area contributed by atoms with E-state index in [1.54, 1.807) is 19.2 Å². The van der Waals surface area contributed by atoms with Gasteiger partial charge in [-0.2, -0.15) is 0 Å². The molecule has 1 saturated heterocycles. The molecule has 3 aromatic rings. The Balaban J connectivity index is 1.72. The third kappa shape index (κ3) is 6.01. The van der Waals surface area contributed by atoms with Crippen LogP contribution in [0.4, 0.5) is 0 Å². The second-order valence-electron chi connectivity index (χ2n) is 9.10. The van der Waals surface area contributed by atoms with Gasteiger partial charge in [-0.05, 0) is 76.8 Å². The lowest BCUT2D eigenvalue weighted by Gasteiger charge is -2.16. The van der Waals surface area contributed by atoms with Crippen LogP contribution in [0.5, 0.6) is 5.75 Å². The van der Waals surface area contributed by atoms with Crippen molar-refractivity contribution in [2.45, 2.75) is 46.1 Å². The molecule has 2 aromatic heterocycles. The van der Waals surface area contributed by atoms with Gasteiger partial charge < -0.3 is 24.4 Å². The van der Waals surface area contributed by atoms with Crippen LogP contribution in [0.1, 0.15) is 35.6 Å². The Hall–Kier alpha value is -2.52. The van der Waals surface area contributed by atoms with Crippen LogP contribution >= 0.6 is 11.6 Å². The van der Waals surface area contributed by atoms with Crippen molar-refractivity contribution in [3.63, 3.8) is 0 Å². The molecule has 188 valence electrons. The minimum absolute atomic E-state index is 0.162. The summed E-state index contributed by atoms with van der Waals surface area (Å²) in [6.45, 7) is 8.10. The monoisotopic (exact) mass is 500 g/mol. The highest BCUT2D eigenvalue weighted by molar-refractivity contribution is 6.33. The fourth-order valence-electron chi connectivity index (χ4n) is 4.40. The highest BCUT2D eigenvalue weighted by Gasteiger charge is 2.23. The molecule has 1 aliphatic heterocycles. The van der Waals surface area contributed by atoms with Crippen LogP contribution in [0.25, 0.3) is 22.6 Å². The number of aliphatic hydroxyl groups is 1. The summed E-state index contributed by atoms with van der Waals surface area (Å²) in [5.41, 5.74) is 5.13. The molecule has 35 heavy (non-hydrogen) atoms. The molecule has 0 aliphatic carbocycles. The van der Waals surface area contributed by atoms with Gasteiger partial charge in [-0.15, -0.1) is 0 Å². The number of likely N-dealkylation sites (N-methyl/N-ethyl adjacent to an activating group) is 1. The first kappa shape index (κ1) is 25.6. The molecule has 2 N–H and O–H groups in total. The van der Waals surface area contributed by atoms with Gasteiger partial charge in [-0.1, -0.05) is 16.8 Å². The average molecular weight is 501 g/mol. The van der Waals surface area contributed by atoms with E-state index in [0.717, 1.165) is 60.7 Å². The number of halogens is 1. The second-order valence-corrected chi connectivity index (χ2v) is 9.51. The summed E-state index contributed by atoms with van der Waals surface area (Å²) in [5.74, 6) is 2.37. The van der Waals surface area contributed by atoms with Gasteiger partial charge in [-0.25, -0.2) is 9.97 Å². The van der Waals surface area contributed by atoms with Crippen molar-refractivity contribution in [3.05, 3.63) is 45.9 Å². The average Bonchev–Trinajstić information content (AvgIpc) is 3.48. The van der Waals surface area contributed by atoms with Crippen LogP contribution < -0.4 is 10.1 Å². The van der Waals surface area contributed by atoms with Gasteiger partial charge in [0.2, 0.25) is 0 Å². The Labute approximate surface area is 211 Å². The standard InChI is InChI=1S/C26H33ClN4O4/c1-15-23(8-5-18-9-10-33-13-18)29-26(30-25(15)24-16(2)31-35-17(24)3)21-11-20(6-7-22(21)27)34-14-19(32)12-28-4/h6-7,11,18-19,28,32H,5,8-10,12-14H2,1-4H3/t18-,19+/m0/s1. The molecule has 8 nitrogen and oxygen atoms in total. The summed E-state index contributed by atoms with van der Waals surface area (Å²) in [4.78, 5) is 9.90. The first-order valence-electron chi connectivity index (χ1n) is 12.0. The molecule has 4 rings (SSSR count). The van der Waals surface area contributed by atoms with Gasteiger partial charge in [0.1, 0.15) is 24.2 Å². The first-order valence-corrected chi connectivity index (χ1v) is 12.4. The number of hydrogen-bond donors (Lipinski definition) is 2. The Morgan fingerprint density at radius 1 is 1.26 bits per heavy atom. The summed E-state index contributed by atoms with van der Waals surface area (Å²) in [6, 6.07) is 5.37. The van der Waals surface area contributed by atoms with E-state index in [1.165, 1.54) is 0 Å². The van der Waals surface area contributed by atoms with Crippen LogP contribution in [0.2, 0.25) is 5.02 Å². The van der Waals surface area contributed by atoms with Crippen molar-refractivity contribution >= 4 is 11.6 Å². The molecule has 1 aliphatic rings. The summed E-state index contributed by atoms with van der Waals surface area (Å²) in [5, 5.41) is 17.6. The smallest absolute Gasteiger partial charge is 0.161 e. The molecule has 2 atom stereocenters. The number of aliphatic hydroxyl groups excluding tert-OH is 1. The molecule has 3 heterocycles. The number of benzene rings is 1. The van der Waals surface area contributed by atoms with E-state index in [0.29, 0.717) is 40.4 Å². The minimum Gasteiger partial charge on any atom is -0.491 e. The minimum atomic E-state index is -0.618. The van der Waals surface area contributed by atoms with Gasteiger partial charge in [0.15, 0.2) is 5.82 Å². The SMILES string of the molecule is CNC[C@@H](O)COc1ccc(Cl)c(-c2nc(CC[C@H]3CCOC3)c(C)c(-c3c(C)noc3C)n2)c1. The van der Waals surface area contributed by atoms with E-state index in [1.807, 2.05) is 19.9 Å². The number of nitrogens with zero attached hydrogens (tertiary/aromatic N) is 3. The first-order chi connectivity index (χ1) is 16.9. The maximum absolute atomic E-state index is 10.00. The number of nitrogens with one attached hydrogen (secondary N) is 1. The van der Waals surface area contributed by atoms with Crippen molar-refractivity contribution in [2.75, 3.05) is 33.4 Å². The molecule has 0 saturated carbocycles. The van der Waals surface area contributed by atoms with E-state index in [9.17, 15) is 5.11 Å². The summed E-state index contributed by atoms with van der Waals surface area (Å²) < 4.78 is 16.8. The maximum Gasteiger partial charge on any atom is 0.161 e. The fraction of sp³-hybridized carbons (Fsp3) is 0.500. The summed E-state index contributed by atoms with van der Waals surface area (Å²) >= 11 is 6.61. The lowest BCUT2D eigenvalue weighted by atomic mass is 9.97. The summed E-state index contributed by atoms with van der Waals surface area (Å²) in [7, 11) is 1.78. The highest BCUT2D eigenvalue weighted by Crippen LogP contribution is 2.35. The zero-order valence-electron chi connectivity index (χ0n) is 20.7. The van der Waals surface area contributed by atoms with Crippen molar-refractivity contribution in [1.29, 1.82) is 0 Å². The maximum atomic E-state index is 10.00. The number of aromatic nitrogens is 3. The number of hydrogen-bond acceptors (Lipinski definition) is 8. The van der Waals surface area contributed by atoms with Crippen LogP contribution in [-0.2, 0) is 11.2 Å². The van der Waals surface area contributed by atoms with Crippen molar-refractivity contribution < 1.29 is 19.1 Å². The normalized spacial score (nSPS) is 16.6. The molecule has 1 fully saturated rings. The topological polar surface area (TPSA) is 103 Å². The van der Waals surface area contributed by atoms with Gasteiger partial charge in [-0.3, -0.25) is 0 Å². The predicted octanol–water partition coefficient (Wildman–Crippen LogP) is 4.31. The Morgan fingerprint density at radius 2 is 2.09 bits per heavy atom. The Bertz CT molecular complexity index is 1140. The lowest BCUT2D eigenvalue weighted by Crippen LogP contribution is -2.29. The van der Waals surface area contributed by atoms with Crippen LogP contribution in [0, 0.1) is 26.7 Å². The van der Waals surface area contributed by atoms with Crippen molar-refractivity contribution in [1.82, 2.24) is 20.4 Å². The Kier molecular flexibility index (Phi) is 8.38. The fourth-order valence-corrected chi connectivity index (χ4v) is 4.60. The van der Waals surface area contributed by atoms with Gasteiger partial charge in [0.05, 0.1) is 22.0 Å². The molecule has 0 amide bonds. The second kappa shape index (κ2) is 11.5. The van der Waals surface area contributed by atoms with E-state index in [4.69, 9.17) is 35.6 Å². The van der Waals surface area contributed by atoms with Gasteiger partial charge in [0, 0.05) is 31.0 Å². The third-order valence-electron chi connectivity index (χ3n) is 6.39.